The maximum absolute atomic E-state index is 13.3. The van der Waals surface area contributed by atoms with Gasteiger partial charge in [-0.15, -0.1) is 0 Å². The van der Waals surface area contributed by atoms with Gasteiger partial charge < -0.3 is 0 Å². The SMILES string of the molecule is Cc1cnccc1-c1nc(C)c(F)c(Cl)n1. The van der Waals surface area contributed by atoms with Gasteiger partial charge in [0.2, 0.25) is 0 Å². The summed E-state index contributed by atoms with van der Waals surface area (Å²) in [5.41, 5.74) is 1.97. The number of aryl methyl sites for hydroxylation is 2. The minimum atomic E-state index is -0.572. The summed E-state index contributed by atoms with van der Waals surface area (Å²) in [4.78, 5) is 12.0. The van der Waals surface area contributed by atoms with Crippen molar-refractivity contribution in [3.05, 3.63) is 40.7 Å². The normalized spacial score (nSPS) is 10.5. The number of pyridine rings is 1. The molecule has 5 heteroatoms. The standard InChI is InChI=1S/C11H9ClFN3/c1-6-5-14-4-3-8(6)11-15-7(2)9(13)10(12)16-11/h3-5H,1-2H3. The molecule has 0 bridgehead atoms. The molecule has 2 rings (SSSR count). The van der Waals surface area contributed by atoms with Gasteiger partial charge in [0.05, 0.1) is 5.69 Å². The fourth-order valence-corrected chi connectivity index (χ4v) is 1.59. The Balaban J connectivity index is 2.62. The minimum Gasteiger partial charge on any atom is -0.264 e. The number of nitrogens with zero attached hydrogens (tertiary/aromatic N) is 3. The van der Waals surface area contributed by atoms with Gasteiger partial charge in [-0.3, -0.25) is 4.98 Å². The summed E-state index contributed by atoms with van der Waals surface area (Å²) in [6.07, 6.45) is 3.34. The van der Waals surface area contributed by atoms with Gasteiger partial charge in [-0.25, -0.2) is 14.4 Å². The van der Waals surface area contributed by atoms with Crippen molar-refractivity contribution in [2.45, 2.75) is 13.8 Å². The first-order valence-corrected chi connectivity index (χ1v) is 5.08. The van der Waals surface area contributed by atoms with Crippen LogP contribution >= 0.6 is 11.6 Å². The molecule has 82 valence electrons. The number of rotatable bonds is 1. The van der Waals surface area contributed by atoms with Crippen molar-refractivity contribution >= 4 is 11.6 Å². The molecular formula is C11H9ClFN3. The van der Waals surface area contributed by atoms with E-state index in [-0.39, 0.29) is 10.8 Å². The van der Waals surface area contributed by atoms with E-state index in [1.54, 1.807) is 25.4 Å². The zero-order valence-electron chi connectivity index (χ0n) is 8.83. The van der Waals surface area contributed by atoms with Crippen LogP contribution in [0, 0.1) is 19.7 Å². The number of aromatic nitrogens is 3. The fraction of sp³-hybridized carbons (Fsp3) is 0.182. The Labute approximate surface area is 97.3 Å². The van der Waals surface area contributed by atoms with Gasteiger partial charge in [0.15, 0.2) is 16.8 Å². The lowest BCUT2D eigenvalue weighted by atomic mass is 10.1. The monoisotopic (exact) mass is 237 g/mol. The molecule has 0 saturated heterocycles. The van der Waals surface area contributed by atoms with E-state index in [9.17, 15) is 4.39 Å². The summed E-state index contributed by atoms with van der Waals surface area (Å²) in [5.74, 6) is -0.152. The van der Waals surface area contributed by atoms with Crippen molar-refractivity contribution in [3.8, 4) is 11.4 Å². The smallest absolute Gasteiger partial charge is 0.181 e. The molecule has 2 aromatic heterocycles. The Kier molecular flexibility index (Phi) is 2.83. The molecule has 0 unspecified atom stereocenters. The molecule has 16 heavy (non-hydrogen) atoms. The van der Waals surface area contributed by atoms with Crippen molar-refractivity contribution in [1.29, 1.82) is 0 Å². The number of hydrogen-bond donors (Lipinski definition) is 0. The molecule has 0 aliphatic heterocycles. The number of halogens is 2. The van der Waals surface area contributed by atoms with E-state index >= 15 is 0 Å². The van der Waals surface area contributed by atoms with Crippen LogP contribution in [-0.2, 0) is 0 Å². The summed E-state index contributed by atoms with van der Waals surface area (Å²) in [6.45, 7) is 3.45. The average Bonchev–Trinajstić information content (AvgIpc) is 2.26. The summed E-state index contributed by atoms with van der Waals surface area (Å²) in [6, 6.07) is 1.78. The van der Waals surface area contributed by atoms with Crippen LogP contribution in [0.15, 0.2) is 18.5 Å². The van der Waals surface area contributed by atoms with Crippen molar-refractivity contribution < 1.29 is 4.39 Å². The largest absolute Gasteiger partial charge is 0.264 e. The Morgan fingerprint density at radius 3 is 2.62 bits per heavy atom. The van der Waals surface area contributed by atoms with Gasteiger partial charge in [-0.1, -0.05) is 11.6 Å². The molecule has 0 fully saturated rings. The average molecular weight is 238 g/mol. The molecule has 0 atom stereocenters. The lowest BCUT2D eigenvalue weighted by molar-refractivity contribution is 0.603. The first-order chi connectivity index (χ1) is 7.59. The lowest BCUT2D eigenvalue weighted by Gasteiger charge is -2.05. The third kappa shape index (κ3) is 1.88. The third-order valence-electron chi connectivity index (χ3n) is 2.24. The highest BCUT2D eigenvalue weighted by Gasteiger charge is 2.11. The molecule has 0 saturated carbocycles. The second kappa shape index (κ2) is 4.14. The predicted molar refractivity (Wildman–Crippen MR) is 59.7 cm³/mol. The second-order valence-electron chi connectivity index (χ2n) is 3.43. The molecule has 0 aliphatic rings. The molecule has 0 aromatic carbocycles. The van der Waals surface area contributed by atoms with Gasteiger partial charge in [-0.05, 0) is 25.5 Å². The van der Waals surface area contributed by atoms with Crippen LogP contribution in [0.25, 0.3) is 11.4 Å². The van der Waals surface area contributed by atoms with Gasteiger partial charge >= 0.3 is 0 Å². The van der Waals surface area contributed by atoms with Crippen LogP contribution < -0.4 is 0 Å². The molecule has 0 amide bonds. The summed E-state index contributed by atoms with van der Waals surface area (Å²) in [5, 5.41) is -0.154. The first kappa shape index (κ1) is 11.0. The highest BCUT2D eigenvalue weighted by Crippen LogP contribution is 2.22. The van der Waals surface area contributed by atoms with Crippen molar-refractivity contribution in [2.24, 2.45) is 0 Å². The molecule has 3 nitrogen and oxygen atoms in total. The molecule has 2 aromatic rings. The zero-order chi connectivity index (χ0) is 11.7. The topological polar surface area (TPSA) is 38.7 Å². The Bertz CT molecular complexity index is 519. The van der Waals surface area contributed by atoms with E-state index in [4.69, 9.17) is 11.6 Å². The van der Waals surface area contributed by atoms with Crippen molar-refractivity contribution in [1.82, 2.24) is 15.0 Å². The van der Waals surface area contributed by atoms with Crippen molar-refractivity contribution in [2.75, 3.05) is 0 Å². The Morgan fingerprint density at radius 2 is 2.00 bits per heavy atom. The van der Waals surface area contributed by atoms with E-state index in [0.717, 1.165) is 11.1 Å². The van der Waals surface area contributed by atoms with Crippen LogP contribution in [0.3, 0.4) is 0 Å². The number of hydrogen-bond acceptors (Lipinski definition) is 3. The van der Waals surface area contributed by atoms with E-state index in [1.165, 1.54) is 0 Å². The maximum Gasteiger partial charge on any atom is 0.181 e. The van der Waals surface area contributed by atoms with Gasteiger partial charge in [0.1, 0.15) is 0 Å². The van der Waals surface area contributed by atoms with Gasteiger partial charge in [0, 0.05) is 18.0 Å². The molecule has 0 aliphatic carbocycles. The van der Waals surface area contributed by atoms with E-state index < -0.39 is 5.82 Å². The molecule has 2 heterocycles. The van der Waals surface area contributed by atoms with E-state index in [1.807, 2.05) is 6.92 Å². The minimum absolute atomic E-state index is 0.154. The summed E-state index contributed by atoms with van der Waals surface area (Å²) in [7, 11) is 0. The third-order valence-corrected chi connectivity index (χ3v) is 2.49. The first-order valence-electron chi connectivity index (χ1n) is 4.70. The summed E-state index contributed by atoms with van der Waals surface area (Å²) < 4.78 is 13.3. The van der Waals surface area contributed by atoms with Crippen LogP contribution in [0.5, 0.6) is 0 Å². The highest BCUT2D eigenvalue weighted by atomic mass is 35.5. The zero-order valence-corrected chi connectivity index (χ0v) is 9.59. The molecular weight excluding hydrogens is 229 g/mol. The molecule has 0 radical (unpaired) electrons. The Hall–Kier alpha value is -1.55. The molecule has 0 spiro atoms. The fourth-order valence-electron chi connectivity index (χ4n) is 1.37. The van der Waals surface area contributed by atoms with E-state index in [2.05, 4.69) is 15.0 Å². The molecule has 0 N–H and O–H groups in total. The van der Waals surface area contributed by atoms with Crippen molar-refractivity contribution in [3.63, 3.8) is 0 Å². The highest BCUT2D eigenvalue weighted by molar-refractivity contribution is 6.29. The van der Waals surface area contributed by atoms with Crippen LogP contribution in [0.1, 0.15) is 11.3 Å². The van der Waals surface area contributed by atoms with E-state index in [0.29, 0.717) is 5.82 Å². The summed E-state index contributed by atoms with van der Waals surface area (Å²) >= 11 is 5.68. The predicted octanol–water partition coefficient (Wildman–Crippen LogP) is 2.95. The lowest BCUT2D eigenvalue weighted by Crippen LogP contribution is -1.98. The maximum atomic E-state index is 13.3. The van der Waals surface area contributed by atoms with Gasteiger partial charge in [-0.2, -0.15) is 0 Å². The Morgan fingerprint density at radius 1 is 1.25 bits per heavy atom. The van der Waals surface area contributed by atoms with Gasteiger partial charge in [0.25, 0.3) is 0 Å². The van der Waals surface area contributed by atoms with Crippen LogP contribution in [0.2, 0.25) is 5.15 Å². The van der Waals surface area contributed by atoms with Crippen LogP contribution in [-0.4, -0.2) is 15.0 Å². The second-order valence-corrected chi connectivity index (χ2v) is 3.79. The quantitative estimate of drug-likeness (QED) is 0.716. The van der Waals surface area contributed by atoms with Crippen LogP contribution in [0.4, 0.5) is 4.39 Å².